The van der Waals surface area contributed by atoms with E-state index in [2.05, 4.69) is 15.3 Å². The van der Waals surface area contributed by atoms with E-state index in [9.17, 15) is 18.0 Å². The SMILES string of the molecule is CCOc1ccc(NC(=O)CSc2ncc(S(=O)(=O)c3ccc(OC)c(OC)c3)c(=O)[nH]2)cc1. The molecule has 0 radical (unpaired) electrons. The van der Waals surface area contributed by atoms with Gasteiger partial charge in [-0.25, -0.2) is 13.4 Å². The van der Waals surface area contributed by atoms with E-state index in [0.717, 1.165) is 18.0 Å². The molecule has 0 saturated carbocycles. The number of nitrogens with one attached hydrogen (secondary N) is 2. The number of carbonyl (C=O) groups excluding carboxylic acids is 1. The van der Waals surface area contributed by atoms with E-state index in [1.54, 1.807) is 24.3 Å². The molecule has 0 aliphatic rings. The van der Waals surface area contributed by atoms with Crippen LogP contribution in [0.5, 0.6) is 17.2 Å². The van der Waals surface area contributed by atoms with Crippen LogP contribution in [0, 0.1) is 0 Å². The number of benzene rings is 2. The molecule has 3 rings (SSSR count). The van der Waals surface area contributed by atoms with Gasteiger partial charge in [-0.1, -0.05) is 11.8 Å². The Kier molecular flexibility index (Phi) is 8.18. The van der Waals surface area contributed by atoms with Crippen molar-refractivity contribution in [3.63, 3.8) is 0 Å². The maximum Gasteiger partial charge on any atom is 0.270 e. The fourth-order valence-corrected chi connectivity index (χ4v) is 4.76. The van der Waals surface area contributed by atoms with Crippen molar-refractivity contribution >= 4 is 33.2 Å². The summed E-state index contributed by atoms with van der Waals surface area (Å²) in [5.74, 6) is 0.888. The first kappa shape index (κ1) is 25.1. The fraction of sp³-hybridized carbons (Fsp3) is 0.227. The van der Waals surface area contributed by atoms with Crippen molar-refractivity contribution in [1.29, 1.82) is 0 Å². The highest BCUT2D eigenvalue weighted by atomic mass is 32.2. The molecule has 0 atom stereocenters. The number of thioether (sulfide) groups is 1. The molecule has 0 bridgehead atoms. The summed E-state index contributed by atoms with van der Waals surface area (Å²) < 4.78 is 41.5. The number of rotatable bonds is 10. The van der Waals surface area contributed by atoms with Gasteiger partial charge in [-0.05, 0) is 43.3 Å². The molecule has 0 fully saturated rings. The largest absolute Gasteiger partial charge is 0.494 e. The smallest absolute Gasteiger partial charge is 0.270 e. The van der Waals surface area contributed by atoms with Crippen LogP contribution in [-0.4, -0.2) is 50.9 Å². The standard InChI is InChI=1S/C22H23N3O7S2/c1-4-32-15-7-5-14(6-8-15)24-20(26)13-33-22-23-12-19(21(27)25-22)34(28,29)16-9-10-17(30-2)18(11-16)31-3/h5-12H,4,13H2,1-3H3,(H,24,26)(H,23,25,27). The third-order valence-corrected chi connectivity index (χ3v) is 7.12. The van der Waals surface area contributed by atoms with Gasteiger partial charge < -0.3 is 24.5 Å². The topological polar surface area (TPSA) is 137 Å². The van der Waals surface area contributed by atoms with Crippen LogP contribution in [0.3, 0.4) is 0 Å². The van der Waals surface area contributed by atoms with Gasteiger partial charge in [0.2, 0.25) is 15.7 Å². The number of H-pyrrole nitrogens is 1. The minimum Gasteiger partial charge on any atom is -0.494 e. The molecule has 2 N–H and O–H groups in total. The van der Waals surface area contributed by atoms with Crippen LogP contribution < -0.4 is 25.1 Å². The number of aromatic amines is 1. The molecule has 34 heavy (non-hydrogen) atoms. The summed E-state index contributed by atoms with van der Waals surface area (Å²) in [6.07, 6.45) is 0.970. The van der Waals surface area contributed by atoms with Gasteiger partial charge in [-0.2, -0.15) is 0 Å². The second kappa shape index (κ2) is 11.1. The Hall–Kier alpha value is -3.51. The van der Waals surface area contributed by atoms with E-state index >= 15 is 0 Å². The number of carbonyl (C=O) groups is 1. The van der Waals surface area contributed by atoms with Gasteiger partial charge in [0.25, 0.3) is 5.56 Å². The third-order valence-electron chi connectivity index (χ3n) is 4.49. The number of sulfone groups is 1. The highest BCUT2D eigenvalue weighted by Gasteiger charge is 2.24. The molecule has 10 nitrogen and oxygen atoms in total. The maximum absolute atomic E-state index is 12.9. The zero-order chi connectivity index (χ0) is 24.7. The van der Waals surface area contributed by atoms with Crippen LogP contribution in [0.4, 0.5) is 5.69 Å². The molecule has 0 aliphatic carbocycles. The minimum atomic E-state index is -4.16. The average Bonchev–Trinajstić information content (AvgIpc) is 2.83. The van der Waals surface area contributed by atoms with Crippen molar-refractivity contribution in [1.82, 2.24) is 9.97 Å². The third kappa shape index (κ3) is 5.88. The van der Waals surface area contributed by atoms with Crippen molar-refractivity contribution < 1.29 is 27.4 Å². The summed E-state index contributed by atoms with van der Waals surface area (Å²) >= 11 is 0.965. The molecule has 2 aromatic carbocycles. The summed E-state index contributed by atoms with van der Waals surface area (Å²) in [7, 11) is -1.36. The first-order chi connectivity index (χ1) is 16.3. The maximum atomic E-state index is 12.9. The van der Waals surface area contributed by atoms with Crippen LogP contribution in [0.2, 0.25) is 0 Å². The van der Waals surface area contributed by atoms with Gasteiger partial charge in [0.1, 0.15) is 5.75 Å². The Balaban J connectivity index is 1.68. The highest BCUT2D eigenvalue weighted by Crippen LogP contribution is 2.31. The zero-order valence-electron chi connectivity index (χ0n) is 18.7. The molecule has 1 heterocycles. The summed E-state index contributed by atoms with van der Waals surface area (Å²) in [6, 6.07) is 10.9. The molecule has 12 heteroatoms. The Morgan fingerprint density at radius 2 is 1.79 bits per heavy atom. The van der Waals surface area contributed by atoms with Crippen LogP contribution in [-0.2, 0) is 14.6 Å². The molecule has 180 valence electrons. The van der Waals surface area contributed by atoms with Crippen LogP contribution in [0.1, 0.15) is 6.92 Å². The lowest BCUT2D eigenvalue weighted by Crippen LogP contribution is -2.20. The van der Waals surface area contributed by atoms with E-state index in [0.29, 0.717) is 23.8 Å². The zero-order valence-corrected chi connectivity index (χ0v) is 20.3. The number of anilines is 1. The Labute approximate surface area is 200 Å². The number of nitrogens with zero attached hydrogens (tertiary/aromatic N) is 1. The normalized spacial score (nSPS) is 11.0. The first-order valence-electron chi connectivity index (χ1n) is 10.0. The minimum absolute atomic E-state index is 0.0437. The van der Waals surface area contributed by atoms with E-state index in [-0.39, 0.29) is 27.5 Å². The van der Waals surface area contributed by atoms with Gasteiger partial charge in [0, 0.05) is 11.8 Å². The van der Waals surface area contributed by atoms with E-state index < -0.39 is 20.3 Å². The summed E-state index contributed by atoms with van der Waals surface area (Å²) in [5.41, 5.74) is -0.258. The number of ether oxygens (including phenoxy) is 3. The fourth-order valence-electron chi connectivity index (χ4n) is 2.87. The van der Waals surface area contributed by atoms with Gasteiger partial charge in [0.05, 0.1) is 37.7 Å². The first-order valence-corrected chi connectivity index (χ1v) is 12.5. The number of amides is 1. The monoisotopic (exact) mass is 505 g/mol. The number of aromatic nitrogens is 2. The molecular formula is C22H23N3O7S2. The van der Waals surface area contributed by atoms with Crippen LogP contribution in [0.25, 0.3) is 0 Å². The Morgan fingerprint density at radius 1 is 1.09 bits per heavy atom. The molecule has 1 aromatic heterocycles. The lowest BCUT2D eigenvalue weighted by Gasteiger charge is -2.10. The lowest BCUT2D eigenvalue weighted by atomic mass is 10.3. The molecular weight excluding hydrogens is 482 g/mol. The number of hydrogen-bond donors (Lipinski definition) is 2. The van der Waals surface area contributed by atoms with Gasteiger partial charge in [0.15, 0.2) is 21.6 Å². The quantitative estimate of drug-likeness (QED) is 0.315. The van der Waals surface area contributed by atoms with Crippen molar-refractivity contribution in [2.75, 3.05) is 31.9 Å². The molecule has 0 spiro atoms. The predicted octanol–water partition coefficient (Wildman–Crippen LogP) is 2.75. The molecule has 3 aromatic rings. The summed E-state index contributed by atoms with van der Waals surface area (Å²) in [6.45, 7) is 2.42. The van der Waals surface area contributed by atoms with Gasteiger partial charge >= 0.3 is 0 Å². The Morgan fingerprint density at radius 3 is 2.41 bits per heavy atom. The highest BCUT2D eigenvalue weighted by molar-refractivity contribution is 7.99. The molecule has 0 aliphatic heterocycles. The predicted molar refractivity (Wildman–Crippen MR) is 127 cm³/mol. The molecule has 0 saturated heterocycles. The average molecular weight is 506 g/mol. The van der Waals surface area contributed by atoms with Crippen LogP contribution in [0.15, 0.2) is 68.4 Å². The van der Waals surface area contributed by atoms with Crippen molar-refractivity contribution in [2.24, 2.45) is 0 Å². The lowest BCUT2D eigenvalue weighted by molar-refractivity contribution is -0.113. The number of methoxy groups -OCH3 is 2. The number of hydrogen-bond acceptors (Lipinski definition) is 9. The van der Waals surface area contributed by atoms with E-state index in [4.69, 9.17) is 14.2 Å². The molecule has 1 amide bonds. The van der Waals surface area contributed by atoms with Gasteiger partial charge in [-0.15, -0.1) is 0 Å². The Bertz CT molecular complexity index is 1320. The molecule has 0 unspecified atom stereocenters. The van der Waals surface area contributed by atoms with Crippen molar-refractivity contribution in [3.8, 4) is 17.2 Å². The van der Waals surface area contributed by atoms with Gasteiger partial charge in [-0.3, -0.25) is 9.59 Å². The second-order valence-corrected chi connectivity index (χ2v) is 9.58. The summed E-state index contributed by atoms with van der Waals surface area (Å²) in [4.78, 5) is 30.4. The van der Waals surface area contributed by atoms with Crippen molar-refractivity contribution in [2.45, 2.75) is 21.9 Å². The summed E-state index contributed by atoms with van der Waals surface area (Å²) in [5, 5.41) is 2.83. The van der Waals surface area contributed by atoms with E-state index in [1.807, 2.05) is 6.92 Å². The van der Waals surface area contributed by atoms with E-state index in [1.165, 1.54) is 32.4 Å². The van der Waals surface area contributed by atoms with Crippen molar-refractivity contribution in [3.05, 3.63) is 59.0 Å². The van der Waals surface area contributed by atoms with Crippen LogP contribution >= 0.6 is 11.8 Å². The second-order valence-electron chi connectivity index (χ2n) is 6.70.